The van der Waals surface area contributed by atoms with Gasteiger partial charge in [0.2, 0.25) is 0 Å². The van der Waals surface area contributed by atoms with E-state index >= 15 is 0 Å². The summed E-state index contributed by atoms with van der Waals surface area (Å²) in [5, 5.41) is 0. The van der Waals surface area contributed by atoms with E-state index in [0.29, 0.717) is 25.5 Å². The molecule has 2 rings (SSSR count). The van der Waals surface area contributed by atoms with Gasteiger partial charge in [-0.3, -0.25) is 4.79 Å². The molecule has 2 N–H and O–H groups in total. The second-order valence-electron chi connectivity index (χ2n) is 4.07. The molecule has 1 aromatic carbocycles. The third kappa shape index (κ3) is 2.47. The molecule has 0 aliphatic carbocycles. The van der Waals surface area contributed by atoms with Crippen molar-refractivity contribution in [3.63, 3.8) is 0 Å². The maximum absolute atomic E-state index is 12.0. The molecule has 98 valence electrons. The van der Waals surface area contributed by atoms with Gasteiger partial charge in [-0.25, -0.2) is 0 Å². The number of carbonyl (C=O) groups is 1. The summed E-state index contributed by atoms with van der Waals surface area (Å²) in [6.45, 7) is 3.40. The Morgan fingerprint density at radius 2 is 2.28 bits per heavy atom. The van der Waals surface area contributed by atoms with Gasteiger partial charge in [0.05, 0.1) is 24.9 Å². The van der Waals surface area contributed by atoms with Crippen molar-refractivity contribution >= 4 is 11.6 Å². The first kappa shape index (κ1) is 12.9. The molecule has 1 aliphatic rings. The largest absolute Gasteiger partial charge is 0.492 e. The number of ether oxygens (including phenoxy) is 2. The average Bonchev–Trinajstić information content (AvgIpc) is 2.40. The average molecular weight is 250 g/mol. The zero-order valence-electron chi connectivity index (χ0n) is 10.5. The number of hydrogen-bond acceptors (Lipinski definition) is 4. The summed E-state index contributed by atoms with van der Waals surface area (Å²) in [5.74, 6) is 0.623. The normalized spacial score (nSPS) is 20.0. The van der Waals surface area contributed by atoms with Gasteiger partial charge >= 0.3 is 0 Å². The van der Waals surface area contributed by atoms with Crippen LogP contribution in [0.1, 0.15) is 6.92 Å². The Labute approximate surface area is 106 Å². The number of carbonyl (C=O) groups excluding carboxylic acids is 1. The lowest BCUT2D eigenvalue weighted by molar-refractivity contribution is -0.127. The van der Waals surface area contributed by atoms with Crippen molar-refractivity contribution in [2.45, 2.75) is 13.0 Å². The minimum Gasteiger partial charge on any atom is -0.492 e. The van der Waals surface area contributed by atoms with Crippen LogP contribution in [-0.4, -0.2) is 38.3 Å². The number of nitrogens with two attached hydrogens (primary N) is 1. The highest BCUT2D eigenvalue weighted by atomic mass is 16.5. The Morgan fingerprint density at radius 3 is 3.00 bits per heavy atom. The molecule has 0 saturated carbocycles. The van der Waals surface area contributed by atoms with Gasteiger partial charge in [0.15, 0.2) is 0 Å². The van der Waals surface area contributed by atoms with Crippen molar-refractivity contribution in [2.24, 2.45) is 5.73 Å². The van der Waals surface area contributed by atoms with Crippen LogP contribution in [0.4, 0.5) is 5.69 Å². The van der Waals surface area contributed by atoms with E-state index in [-0.39, 0.29) is 18.6 Å². The highest BCUT2D eigenvalue weighted by Crippen LogP contribution is 2.30. The molecule has 1 amide bonds. The van der Waals surface area contributed by atoms with Gasteiger partial charge in [-0.05, 0) is 19.1 Å². The van der Waals surface area contributed by atoms with E-state index in [1.165, 1.54) is 0 Å². The van der Waals surface area contributed by atoms with Gasteiger partial charge in [-0.15, -0.1) is 0 Å². The molecule has 0 aromatic heterocycles. The summed E-state index contributed by atoms with van der Waals surface area (Å²) in [5.41, 5.74) is 6.47. The molecule has 1 heterocycles. The standard InChI is InChI=1S/C13H18N2O3/c1-2-18-12-6-4-3-5-11(12)15-10(7-14)8-17-9-13(15)16/h3-6,10H,2,7-9,14H2,1H3. The lowest BCUT2D eigenvalue weighted by Crippen LogP contribution is -2.53. The van der Waals surface area contributed by atoms with Gasteiger partial charge < -0.3 is 20.1 Å². The zero-order chi connectivity index (χ0) is 13.0. The van der Waals surface area contributed by atoms with Crippen LogP contribution in [0.3, 0.4) is 0 Å². The Bertz CT molecular complexity index is 422. The van der Waals surface area contributed by atoms with Crippen molar-refractivity contribution in [3.05, 3.63) is 24.3 Å². The summed E-state index contributed by atoms with van der Waals surface area (Å²) in [7, 11) is 0. The Hall–Kier alpha value is -1.59. The number of para-hydroxylation sites is 2. The fraction of sp³-hybridized carbons (Fsp3) is 0.462. The van der Waals surface area contributed by atoms with Crippen molar-refractivity contribution in [1.82, 2.24) is 0 Å². The van der Waals surface area contributed by atoms with Crippen molar-refractivity contribution < 1.29 is 14.3 Å². The monoisotopic (exact) mass is 250 g/mol. The van der Waals surface area contributed by atoms with Crippen molar-refractivity contribution in [1.29, 1.82) is 0 Å². The molecule has 0 radical (unpaired) electrons. The van der Waals surface area contributed by atoms with Crippen LogP contribution >= 0.6 is 0 Å². The van der Waals surface area contributed by atoms with Crippen LogP contribution in [0.2, 0.25) is 0 Å². The second-order valence-corrected chi connectivity index (χ2v) is 4.07. The van der Waals surface area contributed by atoms with Gasteiger partial charge in [0.25, 0.3) is 5.91 Å². The summed E-state index contributed by atoms with van der Waals surface area (Å²) >= 11 is 0. The number of hydrogen-bond donors (Lipinski definition) is 1. The van der Waals surface area contributed by atoms with E-state index in [1.54, 1.807) is 4.90 Å². The fourth-order valence-electron chi connectivity index (χ4n) is 2.07. The second kappa shape index (κ2) is 5.84. The molecule has 1 saturated heterocycles. The van der Waals surface area contributed by atoms with Gasteiger partial charge in [0, 0.05) is 6.54 Å². The number of benzene rings is 1. The molecule has 5 nitrogen and oxygen atoms in total. The van der Waals surface area contributed by atoms with Crippen molar-refractivity contribution in [3.8, 4) is 5.75 Å². The summed E-state index contributed by atoms with van der Waals surface area (Å²) in [6.07, 6.45) is 0. The quantitative estimate of drug-likeness (QED) is 0.857. The first-order valence-electron chi connectivity index (χ1n) is 6.09. The molecular weight excluding hydrogens is 232 g/mol. The molecular formula is C13H18N2O3. The molecule has 0 bridgehead atoms. The zero-order valence-corrected chi connectivity index (χ0v) is 10.5. The van der Waals surface area contributed by atoms with E-state index in [4.69, 9.17) is 15.2 Å². The SMILES string of the molecule is CCOc1ccccc1N1C(=O)COCC1CN. The highest BCUT2D eigenvalue weighted by molar-refractivity contribution is 5.97. The molecule has 1 aliphatic heterocycles. The number of anilines is 1. The van der Waals surface area contributed by atoms with Crippen LogP contribution in [0, 0.1) is 0 Å². The number of morpholine rings is 1. The number of rotatable bonds is 4. The molecule has 1 atom stereocenters. The highest BCUT2D eigenvalue weighted by Gasteiger charge is 2.30. The maximum atomic E-state index is 12.0. The Morgan fingerprint density at radius 1 is 1.50 bits per heavy atom. The van der Waals surface area contributed by atoms with Crippen LogP contribution in [0.25, 0.3) is 0 Å². The predicted octanol–water partition coefficient (Wildman–Crippen LogP) is 0.776. The summed E-state index contributed by atoms with van der Waals surface area (Å²) in [6, 6.07) is 7.37. The van der Waals surface area contributed by atoms with Crippen molar-refractivity contribution in [2.75, 3.05) is 31.3 Å². The van der Waals surface area contributed by atoms with Crippen LogP contribution < -0.4 is 15.4 Å². The van der Waals surface area contributed by atoms with E-state index < -0.39 is 0 Å². The van der Waals surface area contributed by atoms with E-state index in [0.717, 1.165) is 5.69 Å². The van der Waals surface area contributed by atoms with Gasteiger partial charge in [0.1, 0.15) is 12.4 Å². The molecule has 1 aromatic rings. The molecule has 5 heteroatoms. The number of amides is 1. The van der Waals surface area contributed by atoms with Crippen LogP contribution in [-0.2, 0) is 9.53 Å². The van der Waals surface area contributed by atoms with E-state index in [9.17, 15) is 4.79 Å². The Balaban J connectivity index is 2.35. The lowest BCUT2D eigenvalue weighted by atomic mass is 10.1. The molecule has 0 spiro atoms. The lowest BCUT2D eigenvalue weighted by Gasteiger charge is -2.35. The summed E-state index contributed by atoms with van der Waals surface area (Å²) in [4.78, 5) is 13.7. The first-order chi connectivity index (χ1) is 8.77. The molecule has 18 heavy (non-hydrogen) atoms. The Kier molecular flexibility index (Phi) is 4.17. The molecule has 1 unspecified atom stereocenters. The van der Waals surface area contributed by atoms with Crippen LogP contribution in [0.15, 0.2) is 24.3 Å². The predicted molar refractivity (Wildman–Crippen MR) is 68.8 cm³/mol. The number of nitrogens with zero attached hydrogens (tertiary/aromatic N) is 1. The third-order valence-electron chi connectivity index (χ3n) is 2.87. The minimum absolute atomic E-state index is 0.0798. The van der Waals surface area contributed by atoms with Gasteiger partial charge in [-0.1, -0.05) is 12.1 Å². The first-order valence-corrected chi connectivity index (χ1v) is 6.09. The van der Waals surface area contributed by atoms with E-state index in [2.05, 4.69) is 0 Å². The minimum atomic E-state index is -0.132. The fourth-order valence-corrected chi connectivity index (χ4v) is 2.07. The maximum Gasteiger partial charge on any atom is 0.253 e. The third-order valence-corrected chi connectivity index (χ3v) is 2.87. The van der Waals surface area contributed by atoms with Crippen LogP contribution in [0.5, 0.6) is 5.75 Å². The summed E-state index contributed by atoms with van der Waals surface area (Å²) < 4.78 is 10.8. The van der Waals surface area contributed by atoms with Gasteiger partial charge in [-0.2, -0.15) is 0 Å². The van der Waals surface area contributed by atoms with E-state index in [1.807, 2.05) is 31.2 Å². The topological polar surface area (TPSA) is 64.8 Å². The smallest absolute Gasteiger partial charge is 0.253 e. The molecule has 1 fully saturated rings.